The summed E-state index contributed by atoms with van der Waals surface area (Å²) in [6.07, 6.45) is 4.08. The van der Waals surface area contributed by atoms with Crippen LogP contribution in [0, 0.1) is 20.8 Å². The highest BCUT2D eigenvalue weighted by Crippen LogP contribution is 2.29. The lowest BCUT2D eigenvalue weighted by Gasteiger charge is -2.22. The number of aliphatic imine (C=N–C) groups is 2. The molecule has 1 aliphatic heterocycles. The van der Waals surface area contributed by atoms with Gasteiger partial charge in [-0.3, -0.25) is 4.90 Å². The third kappa shape index (κ3) is 3.52. The fourth-order valence-corrected chi connectivity index (χ4v) is 3.28. The standard InChI is InChI=1S/C25H23N3/c1-18-10-4-7-13-21(18)26-24-16-17-25(27-22-14-8-5-11-19(22)2)28(24)23-15-9-6-12-20(23)3/h4-17H,1-3H3. The zero-order chi connectivity index (χ0) is 19.5. The van der Waals surface area contributed by atoms with E-state index in [1.54, 1.807) is 0 Å². The molecule has 0 saturated heterocycles. The van der Waals surface area contributed by atoms with Crippen molar-refractivity contribution in [1.29, 1.82) is 0 Å². The molecule has 0 radical (unpaired) electrons. The number of nitrogens with zero attached hydrogens (tertiary/aromatic N) is 3. The van der Waals surface area contributed by atoms with Gasteiger partial charge in [-0.15, -0.1) is 0 Å². The van der Waals surface area contributed by atoms with E-state index in [1.165, 1.54) is 5.56 Å². The molecule has 0 saturated carbocycles. The Bertz CT molecular complexity index is 1040. The van der Waals surface area contributed by atoms with Crippen molar-refractivity contribution in [2.75, 3.05) is 4.90 Å². The fraction of sp³-hybridized carbons (Fsp3) is 0.120. The summed E-state index contributed by atoms with van der Waals surface area (Å²) in [6.45, 7) is 6.28. The largest absolute Gasteiger partial charge is 0.279 e. The van der Waals surface area contributed by atoms with E-state index in [2.05, 4.69) is 62.1 Å². The Morgan fingerprint density at radius 3 is 1.43 bits per heavy atom. The lowest BCUT2D eigenvalue weighted by Crippen LogP contribution is -2.30. The average molecular weight is 365 g/mol. The first-order valence-electron chi connectivity index (χ1n) is 9.46. The van der Waals surface area contributed by atoms with E-state index >= 15 is 0 Å². The first kappa shape index (κ1) is 17.9. The number of amidine groups is 2. The Labute approximate surface area is 166 Å². The van der Waals surface area contributed by atoms with Gasteiger partial charge >= 0.3 is 0 Å². The van der Waals surface area contributed by atoms with Gasteiger partial charge in [-0.25, -0.2) is 9.98 Å². The highest BCUT2D eigenvalue weighted by Gasteiger charge is 2.24. The topological polar surface area (TPSA) is 28.0 Å². The lowest BCUT2D eigenvalue weighted by molar-refractivity contribution is 1.31. The molecule has 138 valence electrons. The second-order valence-corrected chi connectivity index (χ2v) is 6.97. The summed E-state index contributed by atoms with van der Waals surface area (Å²) in [5, 5.41) is 0. The molecule has 1 aliphatic rings. The van der Waals surface area contributed by atoms with Crippen molar-refractivity contribution in [3.63, 3.8) is 0 Å². The van der Waals surface area contributed by atoms with Crippen molar-refractivity contribution in [3.05, 3.63) is 102 Å². The molecule has 28 heavy (non-hydrogen) atoms. The predicted molar refractivity (Wildman–Crippen MR) is 119 cm³/mol. The van der Waals surface area contributed by atoms with Gasteiger partial charge in [-0.2, -0.15) is 0 Å². The molecular formula is C25H23N3. The van der Waals surface area contributed by atoms with E-state index < -0.39 is 0 Å². The molecule has 0 fully saturated rings. The van der Waals surface area contributed by atoms with Gasteiger partial charge in [-0.1, -0.05) is 54.6 Å². The van der Waals surface area contributed by atoms with Crippen LogP contribution < -0.4 is 4.90 Å². The normalized spacial score (nSPS) is 16.3. The summed E-state index contributed by atoms with van der Waals surface area (Å²) >= 11 is 0. The monoisotopic (exact) mass is 365 g/mol. The molecule has 0 bridgehead atoms. The van der Waals surface area contributed by atoms with Crippen LogP contribution in [0.2, 0.25) is 0 Å². The van der Waals surface area contributed by atoms with Crippen LogP contribution in [-0.4, -0.2) is 11.7 Å². The minimum Gasteiger partial charge on any atom is -0.279 e. The highest BCUT2D eigenvalue weighted by atomic mass is 15.3. The Morgan fingerprint density at radius 1 is 0.536 bits per heavy atom. The summed E-state index contributed by atoms with van der Waals surface area (Å²) in [5.74, 6) is 1.74. The lowest BCUT2D eigenvalue weighted by atomic mass is 10.2. The Kier molecular flexibility index (Phi) is 4.90. The second kappa shape index (κ2) is 7.65. The van der Waals surface area contributed by atoms with Crippen LogP contribution in [0.1, 0.15) is 16.7 Å². The third-order valence-electron chi connectivity index (χ3n) is 4.90. The van der Waals surface area contributed by atoms with Gasteiger partial charge in [0.05, 0.1) is 17.1 Å². The highest BCUT2D eigenvalue weighted by molar-refractivity contribution is 6.33. The first-order valence-corrected chi connectivity index (χ1v) is 9.46. The summed E-state index contributed by atoms with van der Waals surface area (Å²) in [4.78, 5) is 12.0. The summed E-state index contributed by atoms with van der Waals surface area (Å²) in [6, 6.07) is 24.7. The van der Waals surface area contributed by atoms with E-state index in [4.69, 9.17) is 9.98 Å². The van der Waals surface area contributed by atoms with E-state index in [0.717, 1.165) is 39.9 Å². The number of rotatable bonds is 3. The van der Waals surface area contributed by atoms with Gasteiger partial charge in [0, 0.05) is 0 Å². The molecule has 0 unspecified atom stereocenters. The van der Waals surface area contributed by atoms with Crippen LogP contribution in [0.4, 0.5) is 17.1 Å². The Hall–Kier alpha value is -3.46. The van der Waals surface area contributed by atoms with Crippen LogP contribution >= 0.6 is 0 Å². The zero-order valence-electron chi connectivity index (χ0n) is 16.4. The van der Waals surface area contributed by atoms with Crippen molar-refractivity contribution in [3.8, 4) is 0 Å². The van der Waals surface area contributed by atoms with Crippen LogP contribution in [0.5, 0.6) is 0 Å². The van der Waals surface area contributed by atoms with Crippen LogP contribution in [0.25, 0.3) is 0 Å². The minimum atomic E-state index is 0.871. The summed E-state index contributed by atoms with van der Waals surface area (Å²) in [7, 11) is 0. The number of aryl methyl sites for hydroxylation is 3. The van der Waals surface area contributed by atoms with E-state index in [0.29, 0.717) is 0 Å². The fourth-order valence-electron chi connectivity index (χ4n) is 3.28. The van der Waals surface area contributed by atoms with E-state index in [-0.39, 0.29) is 0 Å². The minimum absolute atomic E-state index is 0.871. The number of para-hydroxylation sites is 3. The SMILES string of the molecule is Cc1ccccc1N=C1C=CC(=Nc2ccccc2C)N1c1ccccc1C. The Balaban J connectivity index is 1.85. The molecule has 0 N–H and O–H groups in total. The van der Waals surface area contributed by atoms with Gasteiger partial charge in [0.2, 0.25) is 0 Å². The second-order valence-electron chi connectivity index (χ2n) is 6.97. The molecule has 0 spiro atoms. The molecule has 3 heteroatoms. The molecule has 3 aromatic carbocycles. The van der Waals surface area contributed by atoms with Crippen molar-refractivity contribution >= 4 is 28.7 Å². The van der Waals surface area contributed by atoms with Gasteiger partial charge in [0.25, 0.3) is 0 Å². The van der Waals surface area contributed by atoms with Crippen molar-refractivity contribution in [2.24, 2.45) is 9.98 Å². The van der Waals surface area contributed by atoms with Gasteiger partial charge in [0.15, 0.2) is 0 Å². The number of benzene rings is 3. The Morgan fingerprint density at radius 2 is 0.964 bits per heavy atom. The van der Waals surface area contributed by atoms with E-state index in [9.17, 15) is 0 Å². The van der Waals surface area contributed by atoms with Crippen molar-refractivity contribution in [1.82, 2.24) is 0 Å². The quantitative estimate of drug-likeness (QED) is 0.524. The van der Waals surface area contributed by atoms with E-state index in [1.807, 2.05) is 48.6 Å². The number of hydrogen-bond donors (Lipinski definition) is 0. The van der Waals surface area contributed by atoms with Crippen LogP contribution in [-0.2, 0) is 0 Å². The summed E-state index contributed by atoms with van der Waals surface area (Å²) < 4.78 is 0. The molecular weight excluding hydrogens is 342 g/mol. The molecule has 4 rings (SSSR count). The average Bonchev–Trinajstić information content (AvgIpc) is 3.08. The predicted octanol–water partition coefficient (Wildman–Crippen LogP) is 6.45. The van der Waals surface area contributed by atoms with Crippen LogP contribution in [0.3, 0.4) is 0 Å². The summed E-state index contributed by atoms with van der Waals surface area (Å²) in [5.41, 5.74) is 6.51. The molecule has 0 aliphatic carbocycles. The van der Waals surface area contributed by atoms with Gasteiger partial charge < -0.3 is 0 Å². The third-order valence-corrected chi connectivity index (χ3v) is 4.90. The molecule has 3 nitrogen and oxygen atoms in total. The molecule has 0 atom stereocenters. The maximum atomic E-state index is 4.95. The van der Waals surface area contributed by atoms with Crippen molar-refractivity contribution in [2.45, 2.75) is 20.8 Å². The molecule has 0 aromatic heterocycles. The zero-order valence-corrected chi connectivity index (χ0v) is 16.4. The van der Waals surface area contributed by atoms with Gasteiger partial charge in [-0.05, 0) is 67.8 Å². The maximum absolute atomic E-state index is 4.95. The van der Waals surface area contributed by atoms with Gasteiger partial charge in [0.1, 0.15) is 11.7 Å². The van der Waals surface area contributed by atoms with Crippen molar-refractivity contribution < 1.29 is 0 Å². The molecule has 1 heterocycles. The first-order chi connectivity index (χ1) is 13.6. The maximum Gasteiger partial charge on any atom is 0.139 e. The number of anilines is 1. The molecule has 0 amide bonds. The van der Waals surface area contributed by atoms with Crippen LogP contribution in [0.15, 0.2) is 94.9 Å². The smallest absolute Gasteiger partial charge is 0.139 e. The number of hydrogen-bond acceptors (Lipinski definition) is 2. The molecule has 3 aromatic rings.